The molecular formula is C26H22O2. The van der Waals surface area contributed by atoms with Crippen LogP contribution in [0.1, 0.15) is 43.0 Å². The van der Waals surface area contributed by atoms with Crippen LogP contribution in [0.4, 0.5) is 0 Å². The van der Waals surface area contributed by atoms with Gasteiger partial charge in [0.2, 0.25) is 0 Å². The molecule has 0 aliphatic heterocycles. The highest BCUT2D eigenvalue weighted by Gasteiger charge is 2.05. The lowest BCUT2D eigenvalue weighted by Gasteiger charge is -2.01. The Morgan fingerprint density at radius 3 is 1.46 bits per heavy atom. The van der Waals surface area contributed by atoms with E-state index < -0.39 is 0 Å². The fourth-order valence-electron chi connectivity index (χ4n) is 2.99. The molecule has 0 amide bonds. The summed E-state index contributed by atoms with van der Waals surface area (Å²) in [6, 6.07) is 22.8. The van der Waals surface area contributed by atoms with Gasteiger partial charge >= 0.3 is 0 Å². The van der Waals surface area contributed by atoms with Crippen molar-refractivity contribution < 1.29 is 9.59 Å². The second kappa shape index (κ2) is 8.92. The molecule has 138 valence electrons. The summed E-state index contributed by atoms with van der Waals surface area (Å²) in [5, 5.41) is 0. The van der Waals surface area contributed by atoms with Gasteiger partial charge in [-0.2, -0.15) is 0 Å². The van der Waals surface area contributed by atoms with Crippen LogP contribution in [0.15, 0.2) is 84.9 Å². The van der Waals surface area contributed by atoms with Gasteiger partial charge in [-0.25, -0.2) is 0 Å². The summed E-state index contributed by atoms with van der Waals surface area (Å²) < 4.78 is 0. The first-order valence-corrected chi connectivity index (χ1v) is 9.21. The molecule has 3 rings (SSSR count). The summed E-state index contributed by atoms with van der Waals surface area (Å²) in [7, 11) is 0. The minimum absolute atomic E-state index is 0.0197. The third kappa shape index (κ3) is 4.80. The van der Waals surface area contributed by atoms with Crippen molar-refractivity contribution in [1.29, 1.82) is 0 Å². The molecule has 0 atom stereocenters. The van der Waals surface area contributed by atoms with Crippen molar-refractivity contribution in [2.75, 3.05) is 0 Å². The normalized spacial score (nSPS) is 11.2. The lowest BCUT2D eigenvalue weighted by Crippen LogP contribution is -1.97. The van der Waals surface area contributed by atoms with E-state index in [0.29, 0.717) is 11.1 Å². The van der Waals surface area contributed by atoms with Crippen LogP contribution in [0, 0.1) is 13.8 Å². The zero-order valence-electron chi connectivity index (χ0n) is 16.1. The molecule has 0 N–H and O–H groups in total. The van der Waals surface area contributed by atoms with Crippen molar-refractivity contribution in [1.82, 2.24) is 0 Å². The standard InChI is InChI=1S/C26H22O2/c1-19-8-3-5-12-23(19)25(27)16-14-21-10-7-11-22(18-21)15-17-26(28)24-13-6-4-9-20(24)2/h3-18H,1-2H3. The summed E-state index contributed by atoms with van der Waals surface area (Å²) in [6.45, 7) is 3.86. The van der Waals surface area contributed by atoms with Gasteiger partial charge < -0.3 is 0 Å². The summed E-state index contributed by atoms with van der Waals surface area (Å²) in [5.74, 6) is -0.0393. The molecule has 0 radical (unpaired) electrons. The van der Waals surface area contributed by atoms with Gasteiger partial charge in [-0.05, 0) is 54.3 Å². The van der Waals surface area contributed by atoms with E-state index in [1.807, 2.05) is 86.6 Å². The molecule has 0 unspecified atom stereocenters. The van der Waals surface area contributed by atoms with Crippen LogP contribution in [-0.2, 0) is 0 Å². The lowest BCUT2D eigenvalue weighted by molar-refractivity contribution is 0.103. The average molecular weight is 366 g/mol. The Kier molecular flexibility index (Phi) is 6.13. The van der Waals surface area contributed by atoms with Crippen LogP contribution in [0.2, 0.25) is 0 Å². The van der Waals surface area contributed by atoms with E-state index in [1.54, 1.807) is 24.3 Å². The van der Waals surface area contributed by atoms with Gasteiger partial charge in [0, 0.05) is 11.1 Å². The summed E-state index contributed by atoms with van der Waals surface area (Å²) in [4.78, 5) is 24.8. The van der Waals surface area contributed by atoms with Gasteiger partial charge in [-0.1, -0.05) is 78.9 Å². The maximum Gasteiger partial charge on any atom is 0.186 e. The monoisotopic (exact) mass is 366 g/mol. The smallest absolute Gasteiger partial charge is 0.186 e. The van der Waals surface area contributed by atoms with Gasteiger partial charge in [0.1, 0.15) is 0 Å². The van der Waals surface area contributed by atoms with Crippen molar-refractivity contribution in [3.63, 3.8) is 0 Å². The van der Waals surface area contributed by atoms with E-state index in [9.17, 15) is 9.59 Å². The first kappa shape index (κ1) is 19.2. The van der Waals surface area contributed by atoms with Crippen LogP contribution < -0.4 is 0 Å². The third-order valence-electron chi connectivity index (χ3n) is 4.59. The first-order chi connectivity index (χ1) is 13.5. The van der Waals surface area contributed by atoms with Gasteiger partial charge in [0.25, 0.3) is 0 Å². The Bertz CT molecular complexity index is 988. The quantitative estimate of drug-likeness (QED) is 0.390. The highest BCUT2D eigenvalue weighted by molar-refractivity contribution is 6.08. The molecule has 0 aliphatic rings. The molecule has 0 fully saturated rings. The Balaban J connectivity index is 1.74. The molecule has 3 aromatic rings. The maximum absolute atomic E-state index is 12.4. The van der Waals surface area contributed by atoms with E-state index in [1.165, 1.54) is 0 Å². The van der Waals surface area contributed by atoms with Crippen LogP contribution in [0.3, 0.4) is 0 Å². The summed E-state index contributed by atoms with van der Waals surface area (Å²) in [6.07, 6.45) is 6.78. The second-order valence-electron chi connectivity index (χ2n) is 6.70. The predicted molar refractivity (Wildman–Crippen MR) is 116 cm³/mol. The van der Waals surface area contributed by atoms with Gasteiger partial charge in [0.15, 0.2) is 11.6 Å². The molecule has 2 heteroatoms. The Hall–Kier alpha value is -3.52. The highest BCUT2D eigenvalue weighted by Crippen LogP contribution is 2.14. The number of hydrogen-bond donors (Lipinski definition) is 0. The molecule has 0 aromatic heterocycles. The van der Waals surface area contributed by atoms with Crippen LogP contribution in [0.5, 0.6) is 0 Å². The molecule has 0 aliphatic carbocycles. The van der Waals surface area contributed by atoms with Crippen molar-refractivity contribution in [2.24, 2.45) is 0 Å². The Morgan fingerprint density at radius 2 is 1.04 bits per heavy atom. The van der Waals surface area contributed by atoms with E-state index in [-0.39, 0.29) is 11.6 Å². The zero-order chi connectivity index (χ0) is 19.9. The van der Waals surface area contributed by atoms with Crippen LogP contribution in [0.25, 0.3) is 12.2 Å². The minimum atomic E-state index is -0.0197. The summed E-state index contributed by atoms with van der Waals surface area (Å²) >= 11 is 0. The number of carbonyl (C=O) groups excluding carboxylic acids is 2. The molecule has 2 nitrogen and oxygen atoms in total. The van der Waals surface area contributed by atoms with Gasteiger partial charge in [-0.15, -0.1) is 0 Å². The highest BCUT2D eigenvalue weighted by atomic mass is 16.1. The van der Waals surface area contributed by atoms with Crippen molar-refractivity contribution >= 4 is 23.7 Å². The number of benzene rings is 3. The number of carbonyl (C=O) groups is 2. The largest absolute Gasteiger partial charge is 0.289 e. The summed E-state index contributed by atoms with van der Waals surface area (Å²) in [5.41, 5.74) is 5.16. The number of allylic oxidation sites excluding steroid dienone is 2. The van der Waals surface area contributed by atoms with Crippen molar-refractivity contribution in [3.8, 4) is 0 Å². The van der Waals surface area contributed by atoms with E-state index in [2.05, 4.69) is 0 Å². The number of ketones is 2. The minimum Gasteiger partial charge on any atom is -0.289 e. The SMILES string of the molecule is Cc1ccccc1C(=O)C=Cc1cccc(C=CC(=O)c2ccccc2C)c1. The molecule has 0 spiro atoms. The fourth-order valence-corrected chi connectivity index (χ4v) is 2.99. The average Bonchev–Trinajstić information content (AvgIpc) is 2.71. The van der Waals surface area contributed by atoms with Crippen molar-refractivity contribution in [2.45, 2.75) is 13.8 Å². The van der Waals surface area contributed by atoms with E-state index in [0.717, 1.165) is 22.3 Å². The van der Waals surface area contributed by atoms with Crippen LogP contribution in [-0.4, -0.2) is 11.6 Å². The second-order valence-corrected chi connectivity index (χ2v) is 6.70. The Labute approximate surface area is 165 Å². The molecule has 0 saturated heterocycles. The van der Waals surface area contributed by atoms with Gasteiger partial charge in [0.05, 0.1) is 0 Å². The fraction of sp³-hybridized carbons (Fsp3) is 0.0769. The van der Waals surface area contributed by atoms with Crippen molar-refractivity contribution in [3.05, 3.63) is 118 Å². The number of aryl methyl sites for hydroxylation is 2. The van der Waals surface area contributed by atoms with Crippen LogP contribution >= 0.6 is 0 Å². The topological polar surface area (TPSA) is 34.1 Å². The molecular weight excluding hydrogens is 344 g/mol. The lowest BCUT2D eigenvalue weighted by atomic mass is 10.0. The molecule has 3 aromatic carbocycles. The van der Waals surface area contributed by atoms with Gasteiger partial charge in [-0.3, -0.25) is 9.59 Å². The zero-order valence-corrected chi connectivity index (χ0v) is 16.1. The molecule has 0 heterocycles. The predicted octanol–water partition coefficient (Wildman–Crippen LogP) is 6.10. The Morgan fingerprint density at radius 1 is 0.607 bits per heavy atom. The molecule has 0 saturated carbocycles. The van der Waals surface area contributed by atoms with E-state index in [4.69, 9.17) is 0 Å². The molecule has 0 bridgehead atoms. The van der Waals surface area contributed by atoms with E-state index >= 15 is 0 Å². The molecule has 28 heavy (non-hydrogen) atoms. The maximum atomic E-state index is 12.4. The number of rotatable bonds is 6. The first-order valence-electron chi connectivity index (χ1n) is 9.21. The third-order valence-corrected chi connectivity index (χ3v) is 4.59. The number of hydrogen-bond acceptors (Lipinski definition) is 2.